The number of piperazine rings is 1. The zero-order valence-electron chi connectivity index (χ0n) is 13.4. The van der Waals surface area contributed by atoms with Crippen LogP contribution in [0.2, 0.25) is 0 Å². The van der Waals surface area contributed by atoms with Crippen molar-refractivity contribution < 1.29 is 9.59 Å². The third-order valence-electron chi connectivity index (χ3n) is 4.53. The molecular weight excluding hydrogens is 268 g/mol. The molecule has 0 saturated carbocycles. The van der Waals surface area contributed by atoms with Gasteiger partial charge in [0.1, 0.15) is 11.1 Å². The zero-order chi connectivity index (χ0) is 15.8. The molecule has 1 aromatic rings. The summed E-state index contributed by atoms with van der Waals surface area (Å²) in [5.41, 5.74) is -0.876. The molecule has 2 rings (SSSR count). The molecule has 1 aliphatic heterocycles. The second-order valence-electron chi connectivity index (χ2n) is 6.17. The van der Waals surface area contributed by atoms with Crippen molar-refractivity contribution in [3.8, 4) is 0 Å². The predicted octanol–water partition coefficient (Wildman–Crippen LogP) is 1.22. The Morgan fingerprint density at radius 3 is 2.33 bits per heavy atom. The van der Waals surface area contributed by atoms with Crippen LogP contribution in [0.5, 0.6) is 0 Å². The zero-order valence-corrected chi connectivity index (χ0v) is 13.4. The molecule has 0 radical (unpaired) electrons. The van der Waals surface area contributed by atoms with Gasteiger partial charge < -0.3 is 10.2 Å². The van der Waals surface area contributed by atoms with E-state index < -0.39 is 11.1 Å². The van der Waals surface area contributed by atoms with Crippen LogP contribution in [0.25, 0.3) is 0 Å². The fourth-order valence-corrected chi connectivity index (χ4v) is 2.77. The van der Waals surface area contributed by atoms with Crippen LogP contribution in [0.3, 0.4) is 0 Å². The van der Waals surface area contributed by atoms with Crippen molar-refractivity contribution in [2.24, 2.45) is 7.05 Å². The SMILES string of the molecule is CCC1(CC)NC(=O)C(C)(C)N(Cc2ccn(C)n2)C1=O. The fraction of sp³-hybridized carbons (Fsp3) is 0.667. The number of nitrogens with zero attached hydrogens (tertiary/aromatic N) is 3. The first-order valence-electron chi connectivity index (χ1n) is 7.40. The molecule has 6 nitrogen and oxygen atoms in total. The van der Waals surface area contributed by atoms with E-state index in [2.05, 4.69) is 10.4 Å². The summed E-state index contributed by atoms with van der Waals surface area (Å²) in [7, 11) is 1.84. The van der Waals surface area contributed by atoms with Crippen LogP contribution in [-0.4, -0.2) is 37.6 Å². The van der Waals surface area contributed by atoms with Gasteiger partial charge in [0.05, 0.1) is 12.2 Å². The molecule has 6 heteroatoms. The highest BCUT2D eigenvalue weighted by Crippen LogP contribution is 2.31. The first-order chi connectivity index (χ1) is 9.76. The molecule has 0 spiro atoms. The Morgan fingerprint density at radius 2 is 1.86 bits per heavy atom. The van der Waals surface area contributed by atoms with Gasteiger partial charge in [-0.05, 0) is 32.8 Å². The summed E-state index contributed by atoms with van der Waals surface area (Å²) in [5, 5.41) is 7.25. The van der Waals surface area contributed by atoms with E-state index in [1.165, 1.54) is 0 Å². The summed E-state index contributed by atoms with van der Waals surface area (Å²) >= 11 is 0. The van der Waals surface area contributed by atoms with Crippen molar-refractivity contribution in [3.63, 3.8) is 0 Å². The summed E-state index contributed by atoms with van der Waals surface area (Å²) in [6.07, 6.45) is 3.01. The van der Waals surface area contributed by atoms with Gasteiger partial charge in [0.15, 0.2) is 0 Å². The van der Waals surface area contributed by atoms with E-state index in [-0.39, 0.29) is 11.8 Å². The van der Waals surface area contributed by atoms with E-state index in [1.807, 2.05) is 33.2 Å². The van der Waals surface area contributed by atoms with Crippen LogP contribution in [0.15, 0.2) is 12.3 Å². The monoisotopic (exact) mass is 292 g/mol. The van der Waals surface area contributed by atoms with Crippen molar-refractivity contribution in [1.82, 2.24) is 20.0 Å². The average Bonchev–Trinajstić information content (AvgIpc) is 2.85. The minimum atomic E-state index is -0.873. The Hall–Kier alpha value is -1.85. The molecule has 2 heterocycles. The Balaban J connectivity index is 2.38. The second kappa shape index (κ2) is 5.16. The topological polar surface area (TPSA) is 67.2 Å². The molecule has 1 saturated heterocycles. The molecule has 1 aromatic heterocycles. The molecule has 1 aliphatic rings. The van der Waals surface area contributed by atoms with Gasteiger partial charge in [-0.2, -0.15) is 5.10 Å². The van der Waals surface area contributed by atoms with Crippen LogP contribution in [0.1, 0.15) is 46.2 Å². The number of carbonyl (C=O) groups is 2. The Bertz CT molecular complexity index is 558. The summed E-state index contributed by atoms with van der Waals surface area (Å²) in [4.78, 5) is 27.1. The number of aryl methyl sites for hydroxylation is 1. The van der Waals surface area contributed by atoms with Gasteiger partial charge in [0.2, 0.25) is 11.8 Å². The number of carbonyl (C=O) groups excluding carboxylic acids is 2. The summed E-state index contributed by atoms with van der Waals surface area (Å²) in [6.45, 7) is 7.76. The van der Waals surface area contributed by atoms with E-state index in [9.17, 15) is 9.59 Å². The van der Waals surface area contributed by atoms with Gasteiger partial charge in [-0.25, -0.2) is 0 Å². The van der Waals surface area contributed by atoms with Crippen molar-refractivity contribution >= 4 is 11.8 Å². The minimum Gasteiger partial charge on any atom is -0.340 e. The second-order valence-corrected chi connectivity index (χ2v) is 6.17. The molecule has 0 bridgehead atoms. The number of aromatic nitrogens is 2. The van der Waals surface area contributed by atoms with E-state index in [4.69, 9.17) is 0 Å². The van der Waals surface area contributed by atoms with Crippen LogP contribution < -0.4 is 5.32 Å². The molecular formula is C15H24N4O2. The van der Waals surface area contributed by atoms with Crippen LogP contribution in [0, 0.1) is 0 Å². The molecule has 0 aliphatic carbocycles. The summed E-state index contributed by atoms with van der Waals surface area (Å²) in [5.74, 6) is -0.135. The number of hydrogen-bond donors (Lipinski definition) is 1. The number of hydrogen-bond acceptors (Lipinski definition) is 3. The summed E-state index contributed by atoms with van der Waals surface area (Å²) in [6, 6.07) is 1.87. The highest BCUT2D eigenvalue weighted by molar-refractivity contribution is 6.01. The Labute approximate surface area is 125 Å². The lowest BCUT2D eigenvalue weighted by Crippen LogP contribution is -2.73. The maximum Gasteiger partial charge on any atom is 0.249 e. The van der Waals surface area contributed by atoms with Gasteiger partial charge in [0.25, 0.3) is 0 Å². The first kappa shape index (κ1) is 15.5. The van der Waals surface area contributed by atoms with E-state index in [0.29, 0.717) is 19.4 Å². The molecule has 0 atom stereocenters. The van der Waals surface area contributed by atoms with Crippen LogP contribution >= 0.6 is 0 Å². The van der Waals surface area contributed by atoms with E-state index >= 15 is 0 Å². The van der Waals surface area contributed by atoms with Crippen molar-refractivity contribution in [2.45, 2.75) is 58.2 Å². The number of rotatable bonds is 4. The first-order valence-corrected chi connectivity index (χ1v) is 7.40. The fourth-order valence-electron chi connectivity index (χ4n) is 2.77. The molecule has 21 heavy (non-hydrogen) atoms. The Kier molecular flexibility index (Phi) is 3.82. The van der Waals surface area contributed by atoms with Gasteiger partial charge >= 0.3 is 0 Å². The largest absolute Gasteiger partial charge is 0.340 e. The van der Waals surface area contributed by atoms with Gasteiger partial charge in [-0.3, -0.25) is 14.3 Å². The highest BCUT2D eigenvalue weighted by atomic mass is 16.2. The van der Waals surface area contributed by atoms with Gasteiger partial charge in [-0.1, -0.05) is 13.8 Å². The predicted molar refractivity (Wildman–Crippen MR) is 79.3 cm³/mol. The minimum absolute atomic E-state index is 0.0252. The normalized spacial score (nSPS) is 20.5. The van der Waals surface area contributed by atoms with Gasteiger partial charge in [-0.15, -0.1) is 0 Å². The molecule has 1 fully saturated rings. The third kappa shape index (κ3) is 2.43. The number of amides is 2. The molecule has 2 amide bonds. The van der Waals surface area contributed by atoms with Crippen LogP contribution in [-0.2, 0) is 23.2 Å². The van der Waals surface area contributed by atoms with E-state index in [0.717, 1.165) is 5.69 Å². The van der Waals surface area contributed by atoms with Crippen molar-refractivity contribution in [2.75, 3.05) is 0 Å². The number of nitrogens with one attached hydrogen (secondary N) is 1. The smallest absolute Gasteiger partial charge is 0.249 e. The quantitative estimate of drug-likeness (QED) is 0.907. The van der Waals surface area contributed by atoms with Crippen LogP contribution in [0.4, 0.5) is 0 Å². The van der Waals surface area contributed by atoms with Crippen molar-refractivity contribution in [3.05, 3.63) is 18.0 Å². The maximum absolute atomic E-state index is 13.0. The Morgan fingerprint density at radius 1 is 1.24 bits per heavy atom. The lowest BCUT2D eigenvalue weighted by atomic mass is 9.83. The lowest BCUT2D eigenvalue weighted by molar-refractivity contribution is -0.162. The standard InChI is InChI=1S/C15H24N4O2/c1-6-15(7-2)13(21)19(14(3,4)12(20)16-15)10-11-8-9-18(5)17-11/h8-9H,6-7,10H2,1-5H3,(H,16,20). The average molecular weight is 292 g/mol. The third-order valence-corrected chi connectivity index (χ3v) is 4.53. The lowest BCUT2D eigenvalue weighted by Gasteiger charge is -2.49. The molecule has 1 N–H and O–H groups in total. The summed E-state index contributed by atoms with van der Waals surface area (Å²) < 4.78 is 1.70. The maximum atomic E-state index is 13.0. The van der Waals surface area contributed by atoms with Gasteiger partial charge in [0, 0.05) is 13.2 Å². The highest BCUT2D eigenvalue weighted by Gasteiger charge is 2.52. The molecule has 0 unspecified atom stereocenters. The van der Waals surface area contributed by atoms with Crippen molar-refractivity contribution in [1.29, 1.82) is 0 Å². The molecule has 0 aromatic carbocycles. The van der Waals surface area contributed by atoms with E-state index in [1.54, 1.807) is 23.4 Å². The molecule has 116 valence electrons.